The molecular weight excluding hydrogens is 204 g/mol. The van der Waals surface area contributed by atoms with Crippen LogP contribution in [0.3, 0.4) is 0 Å². The lowest BCUT2D eigenvalue weighted by atomic mass is 9.93. The topological polar surface area (TPSA) is 58.2 Å². The summed E-state index contributed by atoms with van der Waals surface area (Å²) in [6.45, 7) is 11.3. The number of hydrogen-bond donors (Lipinski definition) is 2. The smallest absolute Gasteiger partial charge is 0.315 e. The molecular formula is C12H24N2O2. The zero-order valence-electron chi connectivity index (χ0n) is 11.1. The van der Waals surface area contributed by atoms with Gasteiger partial charge in [0.15, 0.2) is 5.78 Å². The number of ketones is 1. The first-order valence-corrected chi connectivity index (χ1v) is 5.86. The number of rotatable bonds is 5. The second-order valence-electron chi connectivity index (χ2n) is 5.05. The molecule has 0 aliphatic rings. The number of carbonyl (C=O) groups is 2. The quantitative estimate of drug-likeness (QED) is 0.755. The zero-order chi connectivity index (χ0) is 12.9. The maximum absolute atomic E-state index is 11.9. The van der Waals surface area contributed by atoms with Gasteiger partial charge < -0.3 is 10.6 Å². The molecule has 0 aromatic rings. The molecule has 0 spiro atoms. The van der Waals surface area contributed by atoms with Crippen LogP contribution in [0.25, 0.3) is 0 Å². The minimum Gasteiger partial charge on any atom is -0.336 e. The Bertz CT molecular complexity index is 247. The average molecular weight is 228 g/mol. The lowest BCUT2D eigenvalue weighted by Crippen LogP contribution is -2.51. The molecule has 0 radical (unpaired) electrons. The molecule has 0 fully saturated rings. The minimum atomic E-state index is -0.404. The number of Topliss-reactive ketones (excluding diaryl/α,β-unsaturated/α-hetero) is 1. The SMILES string of the molecule is CC(C)NC(=O)N[C@H](C(=O)C(C)C)C(C)C. The van der Waals surface area contributed by atoms with Gasteiger partial charge in [-0.25, -0.2) is 4.79 Å². The van der Waals surface area contributed by atoms with E-state index in [1.54, 1.807) is 0 Å². The molecule has 0 aromatic heterocycles. The first-order valence-electron chi connectivity index (χ1n) is 5.86. The van der Waals surface area contributed by atoms with Gasteiger partial charge in [0.1, 0.15) is 0 Å². The Morgan fingerprint density at radius 1 is 0.875 bits per heavy atom. The van der Waals surface area contributed by atoms with Crippen molar-refractivity contribution in [1.29, 1.82) is 0 Å². The molecule has 2 amide bonds. The first kappa shape index (κ1) is 14.9. The Balaban J connectivity index is 4.46. The molecule has 1 atom stereocenters. The van der Waals surface area contributed by atoms with Crippen molar-refractivity contribution in [2.45, 2.75) is 53.6 Å². The molecule has 4 nitrogen and oxygen atoms in total. The van der Waals surface area contributed by atoms with E-state index in [-0.39, 0.29) is 29.7 Å². The van der Waals surface area contributed by atoms with Crippen molar-refractivity contribution in [3.63, 3.8) is 0 Å². The Morgan fingerprint density at radius 2 is 1.38 bits per heavy atom. The highest BCUT2D eigenvalue weighted by atomic mass is 16.2. The van der Waals surface area contributed by atoms with Gasteiger partial charge in [0.05, 0.1) is 6.04 Å². The number of urea groups is 1. The Kier molecular flexibility index (Phi) is 6.08. The van der Waals surface area contributed by atoms with E-state index in [2.05, 4.69) is 10.6 Å². The molecule has 0 rings (SSSR count). The molecule has 0 saturated heterocycles. The van der Waals surface area contributed by atoms with Crippen LogP contribution < -0.4 is 10.6 Å². The van der Waals surface area contributed by atoms with E-state index in [4.69, 9.17) is 0 Å². The summed E-state index contributed by atoms with van der Waals surface area (Å²) >= 11 is 0. The van der Waals surface area contributed by atoms with Gasteiger partial charge in [-0.3, -0.25) is 4.79 Å². The zero-order valence-corrected chi connectivity index (χ0v) is 11.1. The molecule has 94 valence electrons. The van der Waals surface area contributed by atoms with Crippen LogP contribution in [0.15, 0.2) is 0 Å². The van der Waals surface area contributed by atoms with Crippen LogP contribution in [0, 0.1) is 11.8 Å². The largest absolute Gasteiger partial charge is 0.336 e. The molecule has 0 unspecified atom stereocenters. The van der Waals surface area contributed by atoms with Crippen LogP contribution in [-0.2, 0) is 4.79 Å². The Hall–Kier alpha value is -1.06. The van der Waals surface area contributed by atoms with Gasteiger partial charge in [-0.05, 0) is 19.8 Å². The van der Waals surface area contributed by atoms with Gasteiger partial charge in [0, 0.05) is 12.0 Å². The highest BCUT2D eigenvalue weighted by Gasteiger charge is 2.25. The van der Waals surface area contributed by atoms with Crippen LogP contribution in [0.5, 0.6) is 0 Å². The molecule has 0 aliphatic carbocycles. The molecule has 0 heterocycles. The van der Waals surface area contributed by atoms with Crippen LogP contribution in [0.1, 0.15) is 41.5 Å². The number of amides is 2. The fraction of sp³-hybridized carbons (Fsp3) is 0.833. The van der Waals surface area contributed by atoms with Gasteiger partial charge in [-0.15, -0.1) is 0 Å². The summed E-state index contributed by atoms with van der Waals surface area (Å²) in [6.07, 6.45) is 0. The highest BCUT2D eigenvalue weighted by molar-refractivity contribution is 5.90. The number of nitrogens with one attached hydrogen (secondary N) is 2. The van der Waals surface area contributed by atoms with E-state index in [1.807, 2.05) is 41.5 Å². The van der Waals surface area contributed by atoms with Crippen LogP contribution in [0.2, 0.25) is 0 Å². The molecule has 16 heavy (non-hydrogen) atoms. The number of carbonyl (C=O) groups excluding carboxylic acids is 2. The first-order chi connectivity index (χ1) is 7.25. The molecule has 4 heteroatoms. The normalized spacial score (nSPS) is 13.1. The van der Waals surface area contributed by atoms with Gasteiger partial charge in [-0.1, -0.05) is 27.7 Å². The summed E-state index contributed by atoms with van der Waals surface area (Å²) in [5.74, 6) is 0.119. The minimum absolute atomic E-state index is 0.0632. The van der Waals surface area contributed by atoms with E-state index in [1.165, 1.54) is 0 Å². The molecule has 0 bridgehead atoms. The Labute approximate surface area is 98.2 Å². The molecule has 0 aromatic carbocycles. The third-order valence-corrected chi connectivity index (χ3v) is 2.25. The van der Waals surface area contributed by atoms with Crippen molar-refractivity contribution in [3.8, 4) is 0 Å². The third kappa shape index (κ3) is 5.14. The maximum Gasteiger partial charge on any atom is 0.315 e. The van der Waals surface area contributed by atoms with Crippen molar-refractivity contribution >= 4 is 11.8 Å². The Morgan fingerprint density at radius 3 is 1.69 bits per heavy atom. The van der Waals surface area contributed by atoms with E-state index < -0.39 is 6.04 Å². The maximum atomic E-state index is 11.9. The summed E-state index contributed by atoms with van der Waals surface area (Å²) < 4.78 is 0. The van der Waals surface area contributed by atoms with Gasteiger partial charge >= 0.3 is 6.03 Å². The fourth-order valence-electron chi connectivity index (χ4n) is 1.37. The second-order valence-corrected chi connectivity index (χ2v) is 5.05. The van der Waals surface area contributed by atoms with Gasteiger partial charge in [0.2, 0.25) is 0 Å². The highest BCUT2D eigenvalue weighted by Crippen LogP contribution is 2.08. The average Bonchev–Trinajstić information content (AvgIpc) is 2.11. The summed E-state index contributed by atoms with van der Waals surface area (Å²) in [6, 6.07) is -0.608. The van der Waals surface area contributed by atoms with Crippen molar-refractivity contribution in [1.82, 2.24) is 10.6 Å². The van der Waals surface area contributed by atoms with Gasteiger partial charge in [-0.2, -0.15) is 0 Å². The summed E-state index contributed by atoms with van der Waals surface area (Å²) in [7, 11) is 0. The van der Waals surface area contributed by atoms with Gasteiger partial charge in [0.25, 0.3) is 0 Å². The monoisotopic (exact) mass is 228 g/mol. The summed E-state index contributed by atoms with van der Waals surface area (Å²) in [4.78, 5) is 23.4. The van der Waals surface area contributed by atoms with E-state index >= 15 is 0 Å². The van der Waals surface area contributed by atoms with Crippen LogP contribution >= 0.6 is 0 Å². The second kappa shape index (κ2) is 6.51. The van der Waals surface area contributed by atoms with Crippen LogP contribution in [-0.4, -0.2) is 23.9 Å². The molecule has 0 aliphatic heterocycles. The summed E-state index contributed by atoms with van der Waals surface area (Å²) in [5.41, 5.74) is 0. The fourth-order valence-corrected chi connectivity index (χ4v) is 1.37. The van der Waals surface area contributed by atoms with Crippen molar-refractivity contribution < 1.29 is 9.59 Å². The predicted molar refractivity (Wildman–Crippen MR) is 65.3 cm³/mol. The van der Waals surface area contributed by atoms with Crippen molar-refractivity contribution in [2.24, 2.45) is 11.8 Å². The van der Waals surface area contributed by atoms with Crippen molar-refractivity contribution in [2.75, 3.05) is 0 Å². The summed E-state index contributed by atoms with van der Waals surface area (Å²) in [5, 5.41) is 5.45. The number of hydrogen-bond acceptors (Lipinski definition) is 2. The molecule has 2 N–H and O–H groups in total. The predicted octanol–water partition coefficient (Wildman–Crippen LogP) is 1.94. The third-order valence-electron chi connectivity index (χ3n) is 2.25. The standard InChI is InChI=1S/C12H24N2O2/c1-7(2)10(11(15)8(3)4)14-12(16)13-9(5)6/h7-10H,1-6H3,(H2,13,14,16)/t10-/m0/s1. The molecule has 0 saturated carbocycles. The lowest BCUT2D eigenvalue weighted by Gasteiger charge is -2.23. The van der Waals surface area contributed by atoms with Crippen LogP contribution in [0.4, 0.5) is 4.79 Å². The van der Waals surface area contributed by atoms with E-state index in [9.17, 15) is 9.59 Å². The van der Waals surface area contributed by atoms with E-state index in [0.717, 1.165) is 0 Å². The lowest BCUT2D eigenvalue weighted by molar-refractivity contribution is -0.124. The van der Waals surface area contributed by atoms with Crippen molar-refractivity contribution in [3.05, 3.63) is 0 Å². The van der Waals surface area contributed by atoms with E-state index in [0.29, 0.717) is 0 Å².